The third-order valence-electron chi connectivity index (χ3n) is 3.29. The second-order valence-electron chi connectivity index (χ2n) is 4.80. The molecule has 3 rings (SSSR count). The molecule has 0 aliphatic heterocycles. The van der Waals surface area contributed by atoms with Crippen LogP contribution in [0.5, 0.6) is 0 Å². The normalized spacial score (nSPS) is 11.2. The summed E-state index contributed by atoms with van der Waals surface area (Å²) in [5, 5.41) is 0.776. The van der Waals surface area contributed by atoms with Gasteiger partial charge in [-0.15, -0.1) is 0 Å². The van der Waals surface area contributed by atoms with Crippen LogP contribution in [-0.2, 0) is 0 Å². The minimum Gasteiger partial charge on any atom is -0.382 e. The van der Waals surface area contributed by atoms with Gasteiger partial charge in [0.05, 0.1) is 0 Å². The number of imidazole rings is 1. The lowest BCUT2D eigenvalue weighted by atomic mass is 10.1. The molecule has 20 heavy (non-hydrogen) atoms. The van der Waals surface area contributed by atoms with Crippen LogP contribution in [0.4, 0.5) is 5.82 Å². The number of nitrogens with one attached hydrogen (secondary N) is 1. The van der Waals surface area contributed by atoms with E-state index in [0.717, 1.165) is 5.16 Å². The Morgan fingerprint density at radius 3 is 2.55 bits per heavy atom. The maximum Gasteiger partial charge on any atom is 0.183 e. The first-order valence-electron chi connectivity index (χ1n) is 6.26. The number of nitrogens with two attached hydrogens (primary N) is 1. The average molecular weight is 285 g/mol. The summed E-state index contributed by atoms with van der Waals surface area (Å²) in [6, 6.07) is 4.37. The molecule has 0 unspecified atom stereocenters. The average Bonchev–Trinajstić information content (AvgIpc) is 2.80. The fourth-order valence-electron chi connectivity index (χ4n) is 2.02. The van der Waals surface area contributed by atoms with Crippen molar-refractivity contribution in [3.63, 3.8) is 0 Å². The predicted octanol–water partition coefficient (Wildman–Crippen LogP) is 3.01. The molecular weight excluding hydrogens is 270 g/mol. The van der Waals surface area contributed by atoms with Crippen molar-refractivity contribution in [1.82, 2.24) is 19.9 Å². The summed E-state index contributed by atoms with van der Waals surface area (Å²) in [4.78, 5) is 16.9. The second-order valence-corrected chi connectivity index (χ2v) is 5.83. The minimum absolute atomic E-state index is 0.422. The molecular formula is C14H15N5S. The first-order valence-corrected chi connectivity index (χ1v) is 7.08. The SMILES string of the molecule is Cc1cc(C)c(Sc2nc3ncnc(N)c3[nH]2)cc1C. The van der Waals surface area contributed by atoms with Crippen LogP contribution in [0.25, 0.3) is 11.2 Å². The van der Waals surface area contributed by atoms with Gasteiger partial charge in [-0.05, 0) is 43.5 Å². The van der Waals surface area contributed by atoms with Crippen molar-refractivity contribution in [3.05, 3.63) is 35.2 Å². The molecule has 0 saturated carbocycles. The molecule has 0 saturated heterocycles. The zero-order valence-electron chi connectivity index (χ0n) is 11.6. The van der Waals surface area contributed by atoms with E-state index in [1.54, 1.807) is 11.8 Å². The largest absolute Gasteiger partial charge is 0.382 e. The standard InChI is InChI=1S/C14H15N5S/c1-7-4-9(3)10(5-8(7)2)20-14-18-11-12(15)16-6-17-13(11)19-14/h4-6H,1-3H3,(H3,15,16,17,18,19). The summed E-state index contributed by atoms with van der Waals surface area (Å²) in [6.07, 6.45) is 1.42. The quantitative estimate of drug-likeness (QED) is 0.756. The highest BCUT2D eigenvalue weighted by Gasteiger charge is 2.10. The maximum atomic E-state index is 5.81. The Morgan fingerprint density at radius 2 is 1.80 bits per heavy atom. The highest BCUT2D eigenvalue weighted by Crippen LogP contribution is 2.31. The summed E-state index contributed by atoms with van der Waals surface area (Å²) < 4.78 is 0. The Kier molecular flexibility index (Phi) is 3.10. The van der Waals surface area contributed by atoms with Gasteiger partial charge in [0, 0.05) is 4.90 Å². The monoisotopic (exact) mass is 285 g/mol. The van der Waals surface area contributed by atoms with Crippen LogP contribution < -0.4 is 5.73 Å². The molecule has 1 aromatic carbocycles. The van der Waals surface area contributed by atoms with Crippen LogP contribution in [0.1, 0.15) is 16.7 Å². The Hall–Kier alpha value is -2.08. The lowest BCUT2D eigenvalue weighted by Crippen LogP contribution is -1.91. The van der Waals surface area contributed by atoms with Gasteiger partial charge in [0.15, 0.2) is 16.6 Å². The highest BCUT2D eigenvalue weighted by atomic mass is 32.2. The van der Waals surface area contributed by atoms with Crippen LogP contribution in [-0.4, -0.2) is 19.9 Å². The number of H-pyrrole nitrogens is 1. The number of nitrogen functional groups attached to an aromatic ring is 1. The molecule has 0 spiro atoms. The third kappa shape index (κ3) is 2.22. The van der Waals surface area contributed by atoms with Crippen molar-refractivity contribution in [2.75, 3.05) is 5.73 Å². The van der Waals surface area contributed by atoms with Gasteiger partial charge in [-0.25, -0.2) is 15.0 Å². The summed E-state index contributed by atoms with van der Waals surface area (Å²) in [6.45, 7) is 6.33. The van der Waals surface area contributed by atoms with Crippen LogP contribution in [0.2, 0.25) is 0 Å². The zero-order chi connectivity index (χ0) is 14.3. The van der Waals surface area contributed by atoms with E-state index < -0.39 is 0 Å². The number of hydrogen-bond donors (Lipinski definition) is 2. The van der Waals surface area contributed by atoms with Gasteiger partial charge in [0.2, 0.25) is 0 Å². The summed E-state index contributed by atoms with van der Waals surface area (Å²) in [7, 11) is 0. The molecule has 0 aliphatic carbocycles. The molecule has 6 heteroatoms. The van der Waals surface area contributed by atoms with Crippen molar-refractivity contribution >= 4 is 28.7 Å². The number of anilines is 1. The van der Waals surface area contributed by atoms with Gasteiger partial charge in [-0.3, -0.25) is 0 Å². The van der Waals surface area contributed by atoms with Crippen LogP contribution >= 0.6 is 11.8 Å². The summed E-state index contributed by atoms with van der Waals surface area (Å²) in [5.41, 5.74) is 10.9. The third-order valence-corrected chi connectivity index (χ3v) is 4.34. The summed E-state index contributed by atoms with van der Waals surface area (Å²) in [5.74, 6) is 0.422. The molecule has 0 bridgehead atoms. The smallest absolute Gasteiger partial charge is 0.183 e. The van der Waals surface area contributed by atoms with Crippen molar-refractivity contribution in [2.24, 2.45) is 0 Å². The van der Waals surface area contributed by atoms with E-state index in [1.165, 1.54) is 27.9 Å². The molecule has 3 N–H and O–H groups in total. The number of fused-ring (bicyclic) bond motifs is 1. The van der Waals surface area contributed by atoms with Gasteiger partial charge < -0.3 is 10.7 Å². The minimum atomic E-state index is 0.422. The number of aryl methyl sites for hydroxylation is 3. The van der Waals surface area contributed by atoms with E-state index in [1.807, 2.05) is 0 Å². The van der Waals surface area contributed by atoms with Crippen molar-refractivity contribution < 1.29 is 0 Å². The molecule has 102 valence electrons. The van der Waals surface area contributed by atoms with E-state index >= 15 is 0 Å². The Morgan fingerprint density at radius 1 is 1.05 bits per heavy atom. The lowest BCUT2D eigenvalue weighted by Gasteiger charge is -2.07. The number of benzene rings is 1. The number of aromatic amines is 1. The van der Waals surface area contributed by atoms with Gasteiger partial charge in [0.1, 0.15) is 11.8 Å². The number of rotatable bonds is 2. The van der Waals surface area contributed by atoms with Gasteiger partial charge >= 0.3 is 0 Å². The van der Waals surface area contributed by atoms with E-state index in [9.17, 15) is 0 Å². The number of nitrogens with zero attached hydrogens (tertiary/aromatic N) is 3. The maximum absolute atomic E-state index is 5.81. The van der Waals surface area contributed by atoms with Gasteiger partial charge in [-0.2, -0.15) is 0 Å². The second kappa shape index (κ2) is 4.79. The molecule has 3 aromatic rings. The molecule has 0 aliphatic rings. The number of hydrogen-bond acceptors (Lipinski definition) is 5. The predicted molar refractivity (Wildman–Crippen MR) is 80.9 cm³/mol. The van der Waals surface area contributed by atoms with Gasteiger partial charge in [0.25, 0.3) is 0 Å². The first kappa shape index (κ1) is 12.9. The van der Waals surface area contributed by atoms with E-state index in [0.29, 0.717) is 17.0 Å². The first-order chi connectivity index (χ1) is 9.54. The molecule has 0 radical (unpaired) electrons. The Bertz CT molecular complexity index is 794. The summed E-state index contributed by atoms with van der Waals surface area (Å²) >= 11 is 1.58. The van der Waals surface area contributed by atoms with Crippen LogP contribution in [0, 0.1) is 20.8 Å². The van der Waals surface area contributed by atoms with Crippen LogP contribution in [0.15, 0.2) is 28.5 Å². The fourth-order valence-corrected chi connectivity index (χ4v) is 2.97. The van der Waals surface area contributed by atoms with Crippen molar-refractivity contribution in [1.29, 1.82) is 0 Å². The molecule has 5 nitrogen and oxygen atoms in total. The fraction of sp³-hybridized carbons (Fsp3) is 0.214. The van der Waals surface area contributed by atoms with E-state index in [2.05, 4.69) is 52.8 Å². The topological polar surface area (TPSA) is 80.5 Å². The van der Waals surface area contributed by atoms with E-state index in [-0.39, 0.29) is 0 Å². The molecule has 0 amide bonds. The molecule has 2 heterocycles. The lowest BCUT2D eigenvalue weighted by molar-refractivity contribution is 1.07. The Balaban J connectivity index is 2.01. The van der Waals surface area contributed by atoms with E-state index in [4.69, 9.17) is 5.73 Å². The van der Waals surface area contributed by atoms with Gasteiger partial charge in [-0.1, -0.05) is 17.8 Å². The van der Waals surface area contributed by atoms with Crippen LogP contribution in [0.3, 0.4) is 0 Å². The van der Waals surface area contributed by atoms with Crippen molar-refractivity contribution in [2.45, 2.75) is 30.8 Å². The molecule has 0 fully saturated rings. The highest BCUT2D eigenvalue weighted by molar-refractivity contribution is 7.99. The molecule has 2 aromatic heterocycles. The Labute approximate surface area is 121 Å². The van der Waals surface area contributed by atoms with Crippen molar-refractivity contribution in [3.8, 4) is 0 Å². The number of aromatic nitrogens is 4. The molecule has 0 atom stereocenters. The zero-order valence-corrected chi connectivity index (χ0v) is 12.4.